The van der Waals surface area contributed by atoms with Crippen molar-refractivity contribution in [2.24, 2.45) is 5.92 Å². The fourth-order valence-corrected chi connectivity index (χ4v) is 2.62. The molecule has 1 rings (SSSR count). The predicted molar refractivity (Wildman–Crippen MR) is 63.7 cm³/mol. The number of carboxylic acid groups (broad SMARTS) is 1. The summed E-state index contributed by atoms with van der Waals surface area (Å²) in [5.41, 5.74) is 0. The van der Waals surface area contributed by atoms with Crippen LogP contribution in [0.5, 0.6) is 0 Å². The molecule has 0 radical (unpaired) electrons. The fourth-order valence-electron chi connectivity index (χ4n) is 2.19. The third-order valence-corrected chi connectivity index (χ3v) is 3.52. The Morgan fingerprint density at radius 3 is 2.82 bits per heavy atom. The van der Waals surface area contributed by atoms with Crippen molar-refractivity contribution in [1.29, 1.82) is 0 Å². The van der Waals surface area contributed by atoms with Gasteiger partial charge in [-0.15, -0.1) is 0 Å². The van der Waals surface area contributed by atoms with E-state index >= 15 is 0 Å². The molecule has 1 fully saturated rings. The summed E-state index contributed by atoms with van der Waals surface area (Å²) in [6, 6.07) is 0. The number of carbonyl (C=O) groups excluding carboxylic acids is 1. The van der Waals surface area contributed by atoms with E-state index in [1.807, 2.05) is 0 Å². The molecule has 2 atom stereocenters. The summed E-state index contributed by atoms with van der Waals surface area (Å²) >= 11 is 6.30. The molecule has 96 valence electrons. The summed E-state index contributed by atoms with van der Waals surface area (Å²) in [6.45, 7) is 2.06. The van der Waals surface area contributed by atoms with Crippen LogP contribution in [0.15, 0.2) is 12.2 Å². The van der Waals surface area contributed by atoms with Gasteiger partial charge in [-0.3, -0.25) is 0 Å². The highest BCUT2D eigenvalue weighted by molar-refractivity contribution is 6.24. The summed E-state index contributed by atoms with van der Waals surface area (Å²) in [4.78, 5) is 21.7. The average Bonchev–Trinajstić information content (AvgIpc) is 2.58. The first-order chi connectivity index (χ1) is 7.98. The topological polar surface area (TPSA) is 63.6 Å². The Morgan fingerprint density at radius 1 is 1.53 bits per heavy atom. The molecule has 2 unspecified atom stereocenters. The van der Waals surface area contributed by atoms with E-state index in [1.54, 1.807) is 0 Å². The van der Waals surface area contributed by atoms with Crippen LogP contribution in [0, 0.1) is 5.92 Å². The second-order valence-corrected chi connectivity index (χ2v) is 4.90. The number of halogens is 1. The molecule has 0 aromatic carbocycles. The van der Waals surface area contributed by atoms with Gasteiger partial charge in [-0.25, -0.2) is 9.59 Å². The van der Waals surface area contributed by atoms with E-state index in [2.05, 4.69) is 6.92 Å². The molecule has 0 heterocycles. The zero-order chi connectivity index (χ0) is 12.9. The van der Waals surface area contributed by atoms with E-state index in [-0.39, 0.29) is 5.92 Å². The van der Waals surface area contributed by atoms with Crippen LogP contribution in [-0.2, 0) is 14.3 Å². The van der Waals surface area contributed by atoms with E-state index in [0.717, 1.165) is 37.8 Å². The summed E-state index contributed by atoms with van der Waals surface area (Å²) in [5, 5.41) is 7.45. The zero-order valence-corrected chi connectivity index (χ0v) is 10.6. The largest absolute Gasteiger partial charge is 0.478 e. The van der Waals surface area contributed by atoms with Crippen LogP contribution in [0.2, 0.25) is 0 Å². The van der Waals surface area contributed by atoms with Gasteiger partial charge in [0.15, 0.2) is 5.06 Å². The molecule has 1 aliphatic carbocycles. The van der Waals surface area contributed by atoms with Gasteiger partial charge in [-0.2, -0.15) is 0 Å². The number of hydrogen-bond acceptors (Lipinski definition) is 3. The molecular formula is C12H17ClO4. The Kier molecular flexibility index (Phi) is 5.00. The number of ether oxygens (including phenoxy) is 1. The van der Waals surface area contributed by atoms with Gasteiger partial charge in [0.25, 0.3) is 0 Å². The molecule has 1 N–H and O–H groups in total. The third kappa shape index (κ3) is 4.04. The minimum Gasteiger partial charge on any atom is -0.478 e. The summed E-state index contributed by atoms with van der Waals surface area (Å²) in [5.74, 6) is -1.70. The van der Waals surface area contributed by atoms with Crippen LogP contribution >= 0.6 is 11.6 Å². The first-order valence-electron chi connectivity index (χ1n) is 5.81. The average molecular weight is 261 g/mol. The number of carbonyl (C=O) groups is 2. The molecule has 0 spiro atoms. The van der Waals surface area contributed by atoms with Crippen LogP contribution in [-0.4, -0.2) is 22.1 Å². The monoisotopic (exact) mass is 260 g/mol. The number of aliphatic carboxylic acids is 1. The van der Waals surface area contributed by atoms with E-state index in [1.165, 1.54) is 0 Å². The van der Waals surface area contributed by atoms with Crippen molar-refractivity contribution in [3.8, 4) is 0 Å². The van der Waals surface area contributed by atoms with Crippen molar-refractivity contribution in [3.63, 3.8) is 0 Å². The van der Waals surface area contributed by atoms with Crippen molar-refractivity contribution in [2.45, 2.75) is 44.1 Å². The Balaban J connectivity index is 2.59. The van der Waals surface area contributed by atoms with Crippen molar-refractivity contribution in [2.75, 3.05) is 0 Å². The predicted octanol–water partition coefficient (Wildman–Crippen LogP) is 2.71. The highest BCUT2D eigenvalue weighted by atomic mass is 35.5. The minimum absolute atomic E-state index is 0.163. The molecule has 1 saturated carbocycles. The summed E-state index contributed by atoms with van der Waals surface area (Å²) in [6.07, 6.45) is 6.07. The van der Waals surface area contributed by atoms with Gasteiger partial charge in [0.2, 0.25) is 0 Å². The maximum atomic E-state index is 11.4. The van der Waals surface area contributed by atoms with E-state index in [4.69, 9.17) is 21.4 Å². The van der Waals surface area contributed by atoms with Crippen molar-refractivity contribution in [3.05, 3.63) is 12.2 Å². The van der Waals surface area contributed by atoms with E-state index in [0.29, 0.717) is 6.42 Å². The standard InChI is InChI=1S/C12H17ClO4/c1-2-4-9-5-3-8-12(9,13)17-11(16)7-6-10(14)15/h6-7,9H,2-5,8H2,1H3,(H,14,15). The van der Waals surface area contributed by atoms with Crippen LogP contribution in [0.4, 0.5) is 0 Å². The van der Waals surface area contributed by atoms with Gasteiger partial charge in [0, 0.05) is 24.5 Å². The number of hydrogen-bond donors (Lipinski definition) is 1. The lowest BCUT2D eigenvalue weighted by atomic mass is 9.99. The number of carboxylic acids is 1. The molecule has 17 heavy (non-hydrogen) atoms. The van der Waals surface area contributed by atoms with E-state index < -0.39 is 17.0 Å². The Bertz CT molecular complexity index is 326. The smallest absolute Gasteiger partial charge is 0.332 e. The second kappa shape index (κ2) is 6.05. The quantitative estimate of drug-likeness (QED) is 0.469. The first-order valence-corrected chi connectivity index (χ1v) is 6.18. The van der Waals surface area contributed by atoms with Gasteiger partial charge in [-0.1, -0.05) is 24.9 Å². The third-order valence-electron chi connectivity index (χ3n) is 2.95. The maximum absolute atomic E-state index is 11.4. The molecule has 0 aromatic rings. The highest BCUT2D eigenvalue weighted by Crippen LogP contribution is 2.44. The molecule has 0 amide bonds. The van der Waals surface area contributed by atoms with E-state index in [9.17, 15) is 9.59 Å². The van der Waals surface area contributed by atoms with Crippen LogP contribution in [0.3, 0.4) is 0 Å². The Morgan fingerprint density at radius 2 is 2.24 bits per heavy atom. The Hall–Kier alpha value is -1.03. The van der Waals surface area contributed by atoms with Crippen LogP contribution < -0.4 is 0 Å². The van der Waals surface area contributed by atoms with Gasteiger partial charge < -0.3 is 9.84 Å². The Labute approximate surface area is 106 Å². The SMILES string of the molecule is CCCC1CCCC1(Cl)OC(=O)C=CC(=O)O. The lowest BCUT2D eigenvalue weighted by Crippen LogP contribution is -2.32. The van der Waals surface area contributed by atoms with Crippen LogP contribution in [0.25, 0.3) is 0 Å². The zero-order valence-electron chi connectivity index (χ0n) is 9.82. The minimum atomic E-state index is -1.18. The highest BCUT2D eigenvalue weighted by Gasteiger charge is 2.43. The first kappa shape index (κ1) is 14.0. The number of esters is 1. The fraction of sp³-hybridized carbons (Fsp3) is 0.667. The van der Waals surface area contributed by atoms with Crippen molar-refractivity contribution in [1.82, 2.24) is 0 Å². The molecule has 0 bridgehead atoms. The lowest BCUT2D eigenvalue weighted by molar-refractivity contribution is -0.149. The summed E-state index contributed by atoms with van der Waals surface area (Å²) in [7, 11) is 0. The molecular weight excluding hydrogens is 244 g/mol. The van der Waals surface area contributed by atoms with Gasteiger partial charge in [-0.05, 0) is 19.3 Å². The summed E-state index contributed by atoms with van der Waals surface area (Å²) < 4.78 is 5.19. The lowest BCUT2D eigenvalue weighted by Gasteiger charge is -2.28. The van der Waals surface area contributed by atoms with Gasteiger partial charge in [0.05, 0.1) is 0 Å². The van der Waals surface area contributed by atoms with Crippen molar-refractivity contribution >= 4 is 23.5 Å². The number of rotatable bonds is 5. The van der Waals surface area contributed by atoms with Crippen LogP contribution in [0.1, 0.15) is 39.0 Å². The second-order valence-electron chi connectivity index (χ2n) is 4.26. The van der Waals surface area contributed by atoms with Gasteiger partial charge in [0.1, 0.15) is 0 Å². The normalized spacial score (nSPS) is 28.5. The maximum Gasteiger partial charge on any atom is 0.332 e. The molecule has 4 nitrogen and oxygen atoms in total. The molecule has 0 aliphatic heterocycles. The molecule has 0 saturated heterocycles. The molecule has 1 aliphatic rings. The number of alkyl halides is 1. The van der Waals surface area contributed by atoms with Crippen molar-refractivity contribution < 1.29 is 19.4 Å². The molecule has 0 aromatic heterocycles. The van der Waals surface area contributed by atoms with Gasteiger partial charge >= 0.3 is 11.9 Å². The molecule has 5 heteroatoms.